The third-order valence-electron chi connectivity index (χ3n) is 3.33. The summed E-state index contributed by atoms with van der Waals surface area (Å²) in [6, 6.07) is 13.2. The van der Waals surface area contributed by atoms with Crippen molar-refractivity contribution in [2.75, 3.05) is 0 Å². The second-order valence-electron chi connectivity index (χ2n) is 5.04. The number of hydrogen-bond acceptors (Lipinski definition) is 4. The molecule has 3 aromatic rings. The van der Waals surface area contributed by atoms with Crippen LogP contribution in [0.5, 0.6) is 0 Å². The fourth-order valence-corrected chi connectivity index (χ4v) is 2.35. The minimum absolute atomic E-state index is 0.0574. The summed E-state index contributed by atoms with van der Waals surface area (Å²) >= 11 is 6.07. The first-order valence-corrected chi connectivity index (χ1v) is 7.59. The van der Waals surface area contributed by atoms with Gasteiger partial charge in [-0.25, -0.2) is 4.39 Å². The third kappa shape index (κ3) is 3.78. The zero-order valence-corrected chi connectivity index (χ0v) is 13.3. The average molecular weight is 346 g/mol. The Kier molecular flexibility index (Phi) is 4.86. The van der Waals surface area contributed by atoms with E-state index in [2.05, 4.69) is 15.5 Å². The van der Waals surface area contributed by atoms with Crippen molar-refractivity contribution in [2.24, 2.45) is 0 Å². The summed E-state index contributed by atoms with van der Waals surface area (Å²) in [6.45, 7) is 0.0603. The molecule has 0 aliphatic heterocycles. The second-order valence-corrected chi connectivity index (χ2v) is 5.44. The fourth-order valence-electron chi connectivity index (χ4n) is 2.13. The van der Waals surface area contributed by atoms with E-state index in [9.17, 15) is 9.18 Å². The number of nitrogens with zero attached hydrogens (tertiary/aromatic N) is 2. The summed E-state index contributed by atoms with van der Waals surface area (Å²) < 4.78 is 18.6. The highest BCUT2D eigenvalue weighted by atomic mass is 35.5. The molecule has 24 heavy (non-hydrogen) atoms. The van der Waals surface area contributed by atoms with Crippen molar-refractivity contribution in [3.63, 3.8) is 0 Å². The van der Waals surface area contributed by atoms with Crippen LogP contribution < -0.4 is 5.32 Å². The van der Waals surface area contributed by atoms with Gasteiger partial charge in [0.05, 0.1) is 18.0 Å². The number of carbonyl (C=O) groups is 1. The molecule has 2 aromatic carbocycles. The van der Waals surface area contributed by atoms with E-state index in [1.54, 1.807) is 36.4 Å². The molecule has 5 nitrogen and oxygen atoms in total. The van der Waals surface area contributed by atoms with Gasteiger partial charge in [0.2, 0.25) is 17.6 Å². The molecule has 122 valence electrons. The maximum atomic E-state index is 13.5. The van der Waals surface area contributed by atoms with Gasteiger partial charge in [0.25, 0.3) is 0 Å². The van der Waals surface area contributed by atoms with E-state index in [4.69, 9.17) is 16.1 Å². The zero-order chi connectivity index (χ0) is 16.9. The van der Waals surface area contributed by atoms with Crippen molar-refractivity contribution in [2.45, 2.75) is 13.0 Å². The van der Waals surface area contributed by atoms with Gasteiger partial charge in [0.15, 0.2) is 0 Å². The number of benzene rings is 2. The van der Waals surface area contributed by atoms with Gasteiger partial charge in [-0.2, -0.15) is 4.98 Å². The van der Waals surface area contributed by atoms with E-state index in [-0.39, 0.29) is 24.8 Å². The van der Waals surface area contributed by atoms with Gasteiger partial charge < -0.3 is 9.84 Å². The molecule has 0 atom stereocenters. The maximum absolute atomic E-state index is 13.5. The Morgan fingerprint density at radius 2 is 1.92 bits per heavy atom. The lowest BCUT2D eigenvalue weighted by Gasteiger charge is -2.03. The highest BCUT2D eigenvalue weighted by Crippen LogP contribution is 2.24. The molecule has 0 unspecified atom stereocenters. The Labute approximate surface area is 142 Å². The molecule has 0 saturated heterocycles. The Balaban J connectivity index is 1.61. The number of carbonyl (C=O) groups excluding carboxylic acids is 1. The highest BCUT2D eigenvalue weighted by molar-refractivity contribution is 6.33. The molecular weight excluding hydrogens is 333 g/mol. The Morgan fingerprint density at radius 3 is 2.71 bits per heavy atom. The van der Waals surface area contributed by atoms with Crippen LogP contribution in [0.3, 0.4) is 0 Å². The third-order valence-corrected chi connectivity index (χ3v) is 3.66. The molecule has 0 aliphatic carbocycles. The molecule has 3 rings (SSSR count). The van der Waals surface area contributed by atoms with E-state index in [1.165, 1.54) is 6.07 Å². The summed E-state index contributed by atoms with van der Waals surface area (Å²) in [5, 5.41) is 6.97. The topological polar surface area (TPSA) is 68.0 Å². The number of hydrogen-bond donors (Lipinski definition) is 1. The zero-order valence-electron chi connectivity index (χ0n) is 12.5. The molecule has 0 saturated carbocycles. The van der Waals surface area contributed by atoms with Crippen LogP contribution >= 0.6 is 11.6 Å². The second kappa shape index (κ2) is 7.23. The molecule has 1 heterocycles. The molecule has 0 spiro atoms. The van der Waals surface area contributed by atoms with Crippen LogP contribution in [-0.4, -0.2) is 16.0 Å². The Hall–Kier alpha value is -2.73. The predicted octanol–water partition coefficient (Wildman–Crippen LogP) is 3.39. The van der Waals surface area contributed by atoms with Crippen LogP contribution in [-0.2, 0) is 17.8 Å². The Bertz CT molecular complexity index is 866. The lowest BCUT2D eigenvalue weighted by molar-refractivity contribution is -0.120. The highest BCUT2D eigenvalue weighted by Gasteiger charge is 2.13. The molecule has 1 amide bonds. The first-order valence-electron chi connectivity index (χ1n) is 7.21. The molecule has 1 aromatic heterocycles. The Morgan fingerprint density at radius 1 is 1.17 bits per heavy atom. The largest absolute Gasteiger partial charge is 0.347 e. The van der Waals surface area contributed by atoms with Gasteiger partial charge in [-0.05, 0) is 23.8 Å². The quantitative estimate of drug-likeness (QED) is 0.769. The number of halogens is 2. The van der Waals surface area contributed by atoms with E-state index in [1.807, 2.05) is 6.07 Å². The summed E-state index contributed by atoms with van der Waals surface area (Å²) in [5.41, 5.74) is 0.976. The van der Waals surface area contributed by atoms with Crippen LogP contribution in [0.25, 0.3) is 11.4 Å². The number of rotatable bonds is 5. The summed E-state index contributed by atoms with van der Waals surface area (Å²) in [5.74, 6) is -0.158. The van der Waals surface area contributed by atoms with Crippen LogP contribution in [0.2, 0.25) is 5.02 Å². The molecule has 7 heteroatoms. The molecule has 0 fully saturated rings. The van der Waals surface area contributed by atoms with Crippen LogP contribution in [0.4, 0.5) is 4.39 Å². The molecule has 1 N–H and O–H groups in total. The minimum atomic E-state index is -0.411. The lowest BCUT2D eigenvalue weighted by atomic mass is 10.1. The predicted molar refractivity (Wildman–Crippen MR) is 86.7 cm³/mol. The van der Waals surface area contributed by atoms with Crippen molar-refractivity contribution in [1.82, 2.24) is 15.5 Å². The molecule has 0 aliphatic rings. The molecule has 0 radical (unpaired) electrons. The molecular formula is C17H13ClFN3O2. The summed E-state index contributed by atoms with van der Waals surface area (Å²) in [6.07, 6.45) is -0.0574. The summed E-state index contributed by atoms with van der Waals surface area (Å²) in [4.78, 5) is 16.1. The van der Waals surface area contributed by atoms with Crippen molar-refractivity contribution >= 4 is 17.5 Å². The van der Waals surface area contributed by atoms with Gasteiger partial charge >= 0.3 is 0 Å². The van der Waals surface area contributed by atoms with Gasteiger partial charge in [-0.15, -0.1) is 0 Å². The number of aromatic nitrogens is 2. The normalized spacial score (nSPS) is 10.6. The minimum Gasteiger partial charge on any atom is -0.347 e. The number of nitrogens with one attached hydrogen (secondary N) is 1. The van der Waals surface area contributed by atoms with Gasteiger partial charge in [0, 0.05) is 5.56 Å². The first kappa shape index (κ1) is 16.1. The van der Waals surface area contributed by atoms with Crippen LogP contribution in [0, 0.1) is 5.82 Å². The van der Waals surface area contributed by atoms with Crippen molar-refractivity contribution in [3.8, 4) is 11.4 Å². The van der Waals surface area contributed by atoms with Crippen molar-refractivity contribution in [1.29, 1.82) is 0 Å². The van der Waals surface area contributed by atoms with Crippen LogP contribution in [0.1, 0.15) is 11.5 Å². The van der Waals surface area contributed by atoms with E-state index in [0.717, 1.165) is 0 Å². The standard InChI is InChI=1S/C17H13ClFN3O2/c18-13-7-3-2-6-12(13)17-21-16(24-22-17)10-20-15(23)9-11-5-1-4-8-14(11)19/h1-8H,9-10H2,(H,20,23). The average Bonchev–Trinajstić information content (AvgIpc) is 3.04. The van der Waals surface area contributed by atoms with E-state index >= 15 is 0 Å². The molecule has 0 bridgehead atoms. The van der Waals surface area contributed by atoms with Crippen molar-refractivity contribution < 1.29 is 13.7 Å². The number of amides is 1. The lowest BCUT2D eigenvalue weighted by Crippen LogP contribution is -2.25. The van der Waals surface area contributed by atoms with Crippen molar-refractivity contribution in [3.05, 3.63) is 70.8 Å². The van der Waals surface area contributed by atoms with E-state index < -0.39 is 5.82 Å². The SMILES string of the molecule is O=C(Cc1ccccc1F)NCc1nc(-c2ccccc2Cl)no1. The van der Waals surface area contributed by atoms with E-state index in [0.29, 0.717) is 22.0 Å². The van der Waals surface area contributed by atoms with Gasteiger partial charge in [-0.3, -0.25) is 4.79 Å². The van der Waals surface area contributed by atoms with Gasteiger partial charge in [0.1, 0.15) is 5.82 Å². The fraction of sp³-hybridized carbons (Fsp3) is 0.118. The smallest absolute Gasteiger partial charge is 0.246 e. The first-order chi connectivity index (χ1) is 11.6. The van der Waals surface area contributed by atoms with Gasteiger partial charge in [-0.1, -0.05) is 47.1 Å². The van der Waals surface area contributed by atoms with Crippen LogP contribution in [0.15, 0.2) is 53.1 Å². The summed E-state index contributed by atoms with van der Waals surface area (Å²) in [7, 11) is 0. The maximum Gasteiger partial charge on any atom is 0.246 e. The monoisotopic (exact) mass is 345 g/mol.